The van der Waals surface area contributed by atoms with Gasteiger partial charge in [-0.1, -0.05) is 30.3 Å². The lowest BCUT2D eigenvalue weighted by molar-refractivity contribution is -0.130. The smallest absolute Gasteiger partial charge is 0.222 e. The zero-order valence-electron chi connectivity index (χ0n) is 13.6. The summed E-state index contributed by atoms with van der Waals surface area (Å²) in [6.07, 6.45) is 1.06. The van der Waals surface area contributed by atoms with Crippen LogP contribution in [-0.4, -0.2) is 24.5 Å². The molecule has 0 saturated heterocycles. The van der Waals surface area contributed by atoms with E-state index < -0.39 is 0 Å². The predicted octanol–water partition coefficient (Wildman–Crippen LogP) is 3.82. The van der Waals surface area contributed by atoms with E-state index in [9.17, 15) is 9.18 Å². The molecule has 0 aromatic heterocycles. The molecular weight excluding hydrogens is 293 g/mol. The van der Waals surface area contributed by atoms with Gasteiger partial charge < -0.3 is 9.64 Å². The molecule has 2 aromatic rings. The van der Waals surface area contributed by atoms with E-state index in [4.69, 9.17) is 4.74 Å². The second kappa shape index (κ2) is 8.32. The molecule has 2 aromatic carbocycles. The Morgan fingerprint density at radius 2 is 1.83 bits per heavy atom. The number of halogens is 1. The van der Waals surface area contributed by atoms with Crippen molar-refractivity contribution in [3.8, 4) is 5.75 Å². The third-order valence-corrected chi connectivity index (χ3v) is 3.64. The van der Waals surface area contributed by atoms with Crippen LogP contribution in [0.2, 0.25) is 0 Å². The maximum Gasteiger partial charge on any atom is 0.222 e. The van der Waals surface area contributed by atoms with Crippen LogP contribution in [0.1, 0.15) is 24.5 Å². The third-order valence-electron chi connectivity index (χ3n) is 3.64. The van der Waals surface area contributed by atoms with Crippen LogP contribution in [0.15, 0.2) is 48.5 Å². The number of aryl methyl sites for hydroxylation is 1. The van der Waals surface area contributed by atoms with E-state index in [1.807, 2.05) is 31.2 Å². The van der Waals surface area contributed by atoms with Crippen molar-refractivity contribution in [3.05, 3.63) is 65.5 Å². The molecule has 0 N–H and O–H groups in total. The van der Waals surface area contributed by atoms with Gasteiger partial charge in [0, 0.05) is 20.0 Å². The predicted molar refractivity (Wildman–Crippen MR) is 88.8 cm³/mol. The molecule has 0 radical (unpaired) electrons. The highest BCUT2D eigenvalue weighted by Gasteiger charge is 2.11. The van der Waals surface area contributed by atoms with Crippen molar-refractivity contribution in [1.82, 2.24) is 4.90 Å². The molecule has 0 bridgehead atoms. The zero-order valence-corrected chi connectivity index (χ0v) is 13.6. The first-order chi connectivity index (χ1) is 11.1. The number of nitrogens with zero attached hydrogens (tertiary/aromatic N) is 1. The molecule has 0 atom stereocenters. The average molecular weight is 315 g/mol. The van der Waals surface area contributed by atoms with Crippen LogP contribution in [0.3, 0.4) is 0 Å². The van der Waals surface area contributed by atoms with Crippen LogP contribution in [0.4, 0.5) is 4.39 Å². The number of amides is 1. The number of hydrogen-bond acceptors (Lipinski definition) is 2. The molecule has 23 heavy (non-hydrogen) atoms. The molecular formula is C19H22FNO2. The van der Waals surface area contributed by atoms with E-state index in [1.165, 1.54) is 12.1 Å². The van der Waals surface area contributed by atoms with E-state index in [-0.39, 0.29) is 11.7 Å². The zero-order chi connectivity index (χ0) is 16.7. The first kappa shape index (κ1) is 17.0. The summed E-state index contributed by atoms with van der Waals surface area (Å²) >= 11 is 0. The summed E-state index contributed by atoms with van der Waals surface area (Å²) in [6.45, 7) is 3.03. The number of rotatable bonds is 7. The Bertz CT molecular complexity index is 640. The van der Waals surface area contributed by atoms with Crippen molar-refractivity contribution < 1.29 is 13.9 Å². The van der Waals surface area contributed by atoms with Crippen LogP contribution in [-0.2, 0) is 17.8 Å². The topological polar surface area (TPSA) is 29.5 Å². The normalized spacial score (nSPS) is 10.4. The van der Waals surface area contributed by atoms with Gasteiger partial charge >= 0.3 is 0 Å². The number of hydrogen-bond donors (Lipinski definition) is 0. The Kier molecular flexibility index (Phi) is 6.15. The van der Waals surface area contributed by atoms with Gasteiger partial charge in [0.05, 0.1) is 6.61 Å². The van der Waals surface area contributed by atoms with Crippen LogP contribution in [0, 0.1) is 5.82 Å². The lowest BCUT2D eigenvalue weighted by Gasteiger charge is -2.18. The minimum atomic E-state index is -0.268. The van der Waals surface area contributed by atoms with Gasteiger partial charge in [-0.3, -0.25) is 4.79 Å². The average Bonchev–Trinajstić information content (AvgIpc) is 2.56. The number of carbonyl (C=O) groups excluding carboxylic acids is 1. The summed E-state index contributed by atoms with van der Waals surface area (Å²) in [5, 5.41) is 0. The molecule has 1 amide bonds. The van der Waals surface area contributed by atoms with E-state index in [0.29, 0.717) is 26.0 Å². The van der Waals surface area contributed by atoms with E-state index in [0.717, 1.165) is 16.9 Å². The van der Waals surface area contributed by atoms with Crippen molar-refractivity contribution in [2.45, 2.75) is 26.3 Å². The standard InChI is InChI=1S/C19H22FNO2/c1-3-23-18-7-5-4-6-16(18)10-13-19(22)21(2)14-15-8-11-17(20)12-9-15/h4-9,11-12H,3,10,13-14H2,1-2H3. The molecule has 0 heterocycles. The van der Waals surface area contributed by atoms with E-state index in [1.54, 1.807) is 24.1 Å². The first-order valence-electron chi connectivity index (χ1n) is 7.79. The van der Waals surface area contributed by atoms with Crippen LogP contribution >= 0.6 is 0 Å². The van der Waals surface area contributed by atoms with Crippen LogP contribution in [0.25, 0.3) is 0 Å². The molecule has 122 valence electrons. The van der Waals surface area contributed by atoms with Gasteiger partial charge in [-0.2, -0.15) is 0 Å². The van der Waals surface area contributed by atoms with Crippen LogP contribution < -0.4 is 4.74 Å². The summed E-state index contributed by atoms with van der Waals surface area (Å²) in [5.74, 6) is 0.625. The number of carbonyl (C=O) groups is 1. The van der Waals surface area contributed by atoms with Crippen molar-refractivity contribution in [3.63, 3.8) is 0 Å². The molecule has 0 spiro atoms. The Labute approximate surface area is 136 Å². The summed E-state index contributed by atoms with van der Waals surface area (Å²) in [6, 6.07) is 14.0. The Morgan fingerprint density at radius 1 is 1.13 bits per heavy atom. The van der Waals surface area contributed by atoms with Crippen molar-refractivity contribution in [2.75, 3.05) is 13.7 Å². The lowest BCUT2D eigenvalue weighted by atomic mass is 10.1. The summed E-state index contributed by atoms with van der Waals surface area (Å²) in [4.78, 5) is 13.9. The number of ether oxygens (including phenoxy) is 1. The second-order valence-electron chi connectivity index (χ2n) is 5.42. The molecule has 0 aliphatic rings. The van der Waals surface area contributed by atoms with Gasteiger partial charge in [-0.25, -0.2) is 4.39 Å². The highest BCUT2D eigenvalue weighted by atomic mass is 19.1. The summed E-state index contributed by atoms with van der Waals surface area (Å²) in [7, 11) is 1.76. The summed E-state index contributed by atoms with van der Waals surface area (Å²) < 4.78 is 18.5. The molecule has 3 nitrogen and oxygen atoms in total. The Morgan fingerprint density at radius 3 is 2.52 bits per heavy atom. The number of para-hydroxylation sites is 1. The van der Waals surface area contributed by atoms with Crippen molar-refractivity contribution in [2.24, 2.45) is 0 Å². The lowest BCUT2D eigenvalue weighted by Crippen LogP contribution is -2.26. The third kappa shape index (κ3) is 5.09. The molecule has 0 aliphatic heterocycles. The highest BCUT2D eigenvalue weighted by Crippen LogP contribution is 2.20. The minimum absolute atomic E-state index is 0.0561. The molecule has 4 heteroatoms. The van der Waals surface area contributed by atoms with Crippen LogP contribution in [0.5, 0.6) is 5.75 Å². The largest absolute Gasteiger partial charge is 0.494 e. The van der Waals surface area contributed by atoms with Crippen molar-refractivity contribution >= 4 is 5.91 Å². The van der Waals surface area contributed by atoms with Gasteiger partial charge in [0.2, 0.25) is 5.91 Å². The fourth-order valence-electron chi connectivity index (χ4n) is 2.39. The molecule has 2 rings (SSSR count). The SMILES string of the molecule is CCOc1ccccc1CCC(=O)N(C)Cc1ccc(F)cc1. The van der Waals surface area contributed by atoms with Gasteiger partial charge in [0.25, 0.3) is 0 Å². The van der Waals surface area contributed by atoms with Gasteiger partial charge in [-0.05, 0) is 42.7 Å². The Hall–Kier alpha value is -2.36. The monoisotopic (exact) mass is 315 g/mol. The minimum Gasteiger partial charge on any atom is -0.494 e. The van der Waals surface area contributed by atoms with Gasteiger partial charge in [0.15, 0.2) is 0 Å². The summed E-state index contributed by atoms with van der Waals surface area (Å²) in [5.41, 5.74) is 1.95. The molecule has 0 saturated carbocycles. The molecule has 0 unspecified atom stereocenters. The second-order valence-corrected chi connectivity index (χ2v) is 5.42. The maximum absolute atomic E-state index is 12.9. The van der Waals surface area contributed by atoms with Gasteiger partial charge in [-0.15, -0.1) is 0 Å². The Balaban J connectivity index is 1.90. The number of benzene rings is 2. The quantitative estimate of drug-likeness (QED) is 0.777. The molecule has 0 fully saturated rings. The highest BCUT2D eigenvalue weighted by molar-refractivity contribution is 5.76. The van der Waals surface area contributed by atoms with Gasteiger partial charge in [0.1, 0.15) is 11.6 Å². The van der Waals surface area contributed by atoms with Crippen molar-refractivity contribution in [1.29, 1.82) is 0 Å². The maximum atomic E-state index is 12.9. The molecule has 0 aliphatic carbocycles. The van der Waals surface area contributed by atoms with E-state index >= 15 is 0 Å². The fraction of sp³-hybridized carbons (Fsp3) is 0.316. The van der Waals surface area contributed by atoms with E-state index in [2.05, 4.69) is 0 Å². The first-order valence-corrected chi connectivity index (χ1v) is 7.79. The fourth-order valence-corrected chi connectivity index (χ4v) is 2.39.